The van der Waals surface area contributed by atoms with Gasteiger partial charge in [-0.3, -0.25) is 9.59 Å². The van der Waals surface area contributed by atoms with Crippen molar-refractivity contribution in [3.8, 4) is 35.8 Å². The first kappa shape index (κ1) is 49.4. The number of alkyl halides is 3. The van der Waals surface area contributed by atoms with E-state index in [1.54, 1.807) is 104 Å². The molecule has 0 saturated heterocycles. The van der Waals surface area contributed by atoms with Crippen molar-refractivity contribution in [1.82, 2.24) is 16.0 Å². The molecule has 0 aliphatic rings. The van der Waals surface area contributed by atoms with Crippen LogP contribution >= 0.6 is 43.2 Å². The minimum Gasteiger partial charge on any atom is -0.542 e. The molecule has 12 nitrogen and oxygen atoms in total. The van der Waals surface area contributed by atoms with Crippen molar-refractivity contribution in [3.05, 3.63) is 70.8 Å². The maximum atomic E-state index is 12.0. The summed E-state index contributed by atoms with van der Waals surface area (Å²) in [4.78, 5) is 44.1. The van der Waals surface area contributed by atoms with E-state index < -0.39 is 23.8 Å². The molecule has 54 heavy (non-hydrogen) atoms. The summed E-state index contributed by atoms with van der Waals surface area (Å²) in [5.74, 6) is 10.2. The van der Waals surface area contributed by atoms with Crippen molar-refractivity contribution >= 4 is 67.1 Å². The van der Waals surface area contributed by atoms with E-state index in [1.807, 2.05) is 20.8 Å². The Labute approximate surface area is 328 Å². The second-order valence-corrected chi connectivity index (χ2v) is 16.1. The van der Waals surface area contributed by atoms with Crippen LogP contribution in [0.5, 0.6) is 0 Å². The van der Waals surface area contributed by atoms with Crippen LogP contribution in [0.4, 0.5) is 18.0 Å². The van der Waals surface area contributed by atoms with Crippen molar-refractivity contribution in [2.75, 3.05) is 49.2 Å². The first-order valence-electron chi connectivity index (χ1n) is 15.6. The zero-order chi connectivity index (χ0) is 40.8. The van der Waals surface area contributed by atoms with Crippen molar-refractivity contribution in [2.24, 2.45) is 0 Å². The lowest BCUT2D eigenvalue weighted by atomic mass is 10.1. The number of carbonyl (C=O) groups excluding carboxylic acids is 4. The van der Waals surface area contributed by atoms with Gasteiger partial charge in [-0.25, -0.2) is 4.79 Å². The van der Waals surface area contributed by atoms with Crippen LogP contribution in [-0.4, -0.2) is 84.8 Å². The summed E-state index contributed by atoms with van der Waals surface area (Å²) in [7, 11) is 6.76. The van der Waals surface area contributed by atoms with Gasteiger partial charge in [0.15, 0.2) is 12.1 Å². The number of alkyl carbamates (subject to hydrolysis) is 1. The summed E-state index contributed by atoms with van der Waals surface area (Å²) in [6.45, 7) is 8.11. The highest BCUT2D eigenvalue weighted by Gasteiger charge is 2.28. The number of benzene rings is 2. The van der Waals surface area contributed by atoms with E-state index in [2.05, 4.69) is 45.4 Å². The SMILES string of the molecule is CC(C)(C)OC(=O)NCCSSCCNC(=O)c1ccc(C#CC#N)cc1.N#CC#Cc1ccc(C(=O)NCCSSCC[NH3+])cc1.O=C([O-])C(F)(F)F. The lowest BCUT2D eigenvalue weighted by Crippen LogP contribution is -2.51. The Balaban J connectivity index is 0.000000909. The zero-order valence-corrected chi connectivity index (χ0v) is 32.9. The molecule has 0 aromatic heterocycles. The molecule has 0 aliphatic carbocycles. The normalized spacial score (nSPS) is 9.94. The second-order valence-electron chi connectivity index (χ2n) is 10.7. The molecule has 0 heterocycles. The lowest BCUT2D eigenvalue weighted by molar-refractivity contribution is -0.360. The van der Waals surface area contributed by atoms with E-state index in [0.717, 1.165) is 35.1 Å². The third kappa shape index (κ3) is 27.0. The summed E-state index contributed by atoms with van der Waals surface area (Å²) >= 11 is 0. The van der Waals surface area contributed by atoms with Gasteiger partial charge in [-0.15, -0.1) is 0 Å². The van der Waals surface area contributed by atoms with Crippen LogP contribution in [0.25, 0.3) is 0 Å². The molecule has 290 valence electrons. The Hall–Kier alpha value is -4.63. The van der Waals surface area contributed by atoms with Crippen LogP contribution in [0.2, 0.25) is 0 Å². The molecule has 3 amide bonds. The number of ether oxygens (including phenoxy) is 1. The quantitative estimate of drug-likeness (QED) is 0.116. The standard InChI is InChI=1S/C19H23N3O3S2.C14H15N3OS2.C2HF3O2/c1-19(2,3)25-18(24)22-12-14-27-26-13-11-21-17(23)16-8-6-15(7-9-16)5-4-10-20;15-7-1-2-12-3-5-13(6-4-12)14(18)17-9-11-20-19-10-8-16;3-2(4,5)1(6)7/h6-9H,11-14H2,1-3H3,(H,21,23)(H,22,24);3-6H,8-11,16H2,(H,17,18);(H,6,7). The fourth-order valence-corrected chi connectivity index (χ4v) is 6.69. The molecule has 2 aromatic carbocycles. The Bertz CT molecular complexity index is 1690. The van der Waals surface area contributed by atoms with E-state index in [-0.39, 0.29) is 11.8 Å². The minimum atomic E-state index is -5.19. The Kier molecular flexibility index (Phi) is 26.3. The molecule has 19 heteroatoms. The number of quaternary nitrogens is 1. The van der Waals surface area contributed by atoms with Gasteiger partial charge in [0.1, 0.15) is 11.6 Å². The number of nitriles is 2. The van der Waals surface area contributed by atoms with E-state index in [9.17, 15) is 27.6 Å². The Morgan fingerprint density at radius 3 is 1.37 bits per heavy atom. The topological polar surface area (TPSA) is 212 Å². The number of halogens is 3. The molecule has 0 aliphatic heterocycles. The van der Waals surface area contributed by atoms with Crippen molar-refractivity contribution in [3.63, 3.8) is 0 Å². The van der Waals surface area contributed by atoms with E-state index in [0.29, 0.717) is 36.3 Å². The monoisotopic (exact) mass is 824 g/mol. The van der Waals surface area contributed by atoms with Gasteiger partial charge in [-0.1, -0.05) is 55.0 Å². The van der Waals surface area contributed by atoms with Crippen molar-refractivity contribution < 1.29 is 47.9 Å². The van der Waals surface area contributed by atoms with Gasteiger partial charge >= 0.3 is 12.3 Å². The minimum absolute atomic E-state index is 0.0902. The first-order valence-corrected chi connectivity index (χ1v) is 20.6. The molecule has 0 bridgehead atoms. The van der Waals surface area contributed by atoms with Crippen LogP contribution in [0.15, 0.2) is 48.5 Å². The van der Waals surface area contributed by atoms with Crippen LogP contribution in [0.1, 0.15) is 52.6 Å². The number of amides is 3. The van der Waals surface area contributed by atoms with Gasteiger partial charge < -0.3 is 36.3 Å². The maximum Gasteiger partial charge on any atom is 0.430 e. The van der Waals surface area contributed by atoms with Gasteiger partial charge in [-0.05, 0) is 69.3 Å². The molecule has 0 saturated carbocycles. The summed E-state index contributed by atoms with van der Waals surface area (Å²) in [6.07, 6.45) is -5.61. The molecule has 0 atom stereocenters. The highest BCUT2D eigenvalue weighted by molar-refractivity contribution is 8.77. The van der Waals surface area contributed by atoms with Gasteiger partial charge in [-0.2, -0.15) is 23.7 Å². The fourth-order valence-electron chi connectivity index (χ4n) is 3.03. The average Bonchev–Trinajstić information content (AvgIpc) is 3.12. The van der Waals surface area contributed by atoms with E-state index in [1.165, 1.54) is 0 Å². The summed E-state index contributed by atoms with van der Waals surface area (Å²) in [5.41, 5.74) is 5.85. The smallest absolute Gasteiger partial charge is 0.430 e. The summed E-state index contributed by atoms with van der Waals surface area (Å²) in [5, 5.41) is 33.9. The van der Waals surface area contributed by atoms with Crippen molar-refractivity contribution in [2.45, 2.75) is 32.5 Å². The number of nitrogens with one attached hydrogen (secondary N) is 3. The predicted octanol–water partition coefficient (Wildman–Crippen LogP) is 3.41. The van der Waals surface area contributed by atoms with Gasteiger partial charge in [0.2, 0.25) is 0 Å². The number of carboxylic acid groups (broad SMARTS) is 1. The summed E-state index contributed by atoms with van der Waals surface area (Å²) in [6, 6.07) is 17.2. The average molecular weight is 825 g/mol. The maximum absolute atomic E-state index is 12.0. The van der Waals surface area contributed by atoms with Crippen LogP contribution in [-0.2, 0) is 9.53 Å². The number of carboxylic acids is 1. The van der Waals surface area contributed by atoms with Crippen LogP contribution in [0.3, 0.4) is 0 Å². The zero-order valence-electron chi connectivity index (χ0n) is 29.6. The molecule has 2 aromatic rings. The number of carbonyl (C=O) groups is 4. The molecule has 0 spiro atoms. The third-order valence-electron chi connectivity index (χ3n) is 5.24. The molecule has 0 unspecified atom stereocenters. The van der Waals surface area contributed by atoms with Gasteiger partial charge in [0.05, 0.1) is 12.3 Å². The molecular formula is C35H39F3N6O6S4. The number of hydrogen-bond donors (Lipinski definition) is 4. The summed E-state index contributed by atoms with van der Waals surface area (Å²) < 4.78 is 36.7. The van der Waals surface area contributed by atoms with Crippen LogP contribution in [0, 0.1) is 46.3 Å². The van der Waals surface area contributed by atoms with Crippen LogP contribution < -0.4 is 26.8 Å². The third-order valence-corrected chi connectivity index (χ3v) is 10.1. The highest BCUT2D eigenvalue weighted by atomic mass is 33.1. The van der Waals surface area contributed by atoms with Gasteiger partial charge in [0, 0.05) is 71.0 Å². The number of hydrogen-bond acceptors (Lipinski definition) is 12. The lowest BCUT2D eigenvalue weighted by Gasteiger charge is -2.19. The van der Waals surface area contributed by atoms with Gasteiger partial charge in [0.25, 0.3) is 11.8 Å². The Morgan fingerprint density at radius 2 is 1.06 bits per heavy atom. The Morgan fingerprint density at radius 1 is 0.704 bits per heavy atom. The molecule has 0 fully saturated rings. The molecule has 6 N–H and O–H groups in total. The molecule has 2 rings (SSSR count). The number of rotatable bonds is 15. The number of aliphatic carboxylic acids is 1. The van der Waals surface area contributed by atoms with E-state index >= 15 is 0 Å². The van der Waals surface area contributed by atoms with E-state index in [4.69, 9.17) is 25.2 Å². The second kappa shape index (κ2) is 28.8. The predicted molar refractivity (Wildman–Crippen MR) is 205 cm³/mol. The van der Waals surface area contributed by atoms with Crippen molar-refractivity contribution in [1.29, 1.82) is 10.5 Å². The molecule has 0 radical (unpaired) electrons. The highest BCUT2D eigenvalue weighted by Crippen LogP contribution is 2.20. The fraction of sp³-hybridized carbons (Fsp3) is 0.371. The molecular weight excluding hydrogens is 786 g/mol. The first-order chi connectivity index (χ1) is 25.5. The largest absolute Gasteiger partial charge is 0.542 e. The number of nitrogens with zero attached hydrogens (tertiary/aromatic N) is 2.